The molecule has 0 bridgehead atoms. The van der Waals surface area contributed by atoms with E-state index in [-0.39, 0.29) is 17.1 Å². The van der Waals surface area contributed by atoms with Crippen molar-refractivity contribution in [1.82, 2.24) is 0 Å². The average Bonchev–Trinajstić information content (AvgIpc) is 2.34. The standard InChI is InChI=1S/2C5H2F6O2.Mn/c2*6-4(7,8)2(12)1-3(13)5(9,10)11;/h2*1,12H;/b2-1+;2-1-;. The Morgan fingerprint density at radius 3 is 0.815 bits per heavy atom. The molecule has 0 spiro atoms. The summed E-state index contributed by atoms with van der Waals surface area (Å²) in [6.45, 7) is 0. The molecule has 0 saturated carbocycles. The van der Waals surface area contributed by atoms with Crippen molar-refractivity contribution in [2.24, 2.45) is 0 Å². The third-order valence-corrected chi connectivity index (χ3v) is 1.68. The topological polar surface area (TPSA) is 74.6 Å². The van der Waals surface area contributed by atoms with Gasteiger partial charge in [-0.15, -0.1) is 0 Å². The molecule has 0 atom stereocenters. The van der Waals surface area contributed by atoms with Crippen molar-refractivity contribution in [1.29, 1.82) is 0 Å². The quantitative estimate of drug-likeness (QED) is 0.274. The fourth-order valence-electron chi connectivity index (χ4n) is 0.576. The zero-order valence-electron chi connectivity index (χ0n) is 11.8. The fraction of sp³-hybridized carbons (Fsp3) is 0.400. The summed E-state index contributed by atoms with van der Waals surface area (Å²) in [4.78, 5) is 19.7. The molecule has 0 amide bonds. The maximum absolute atomic E-state index is 11.4. The van der Waals surface area contributed by atoms with E-state index < -0.39 is 59.9 Å². The first-order valence-electron chi connectivity index (χ1n) is 5.28. The molecular formula is C10H4F12MnO4. The van der Waals surface area contributed by atoms with Crippen LogP contribution in [0.2, 0.25) is 0 Å². The number of allylic oxidation sites excluding steroid dienone is 4. The second-order valence-electron chi connectivity index (χ2n) is 3.78. The van der Waals surface area contributed by atoms with Gasteiger partial charge in [0.25, 0.3) is 11.6 Å². The van der Waals surface area contributed by atoms with Gasteiger partial charge in [0.05, 0.1) is 0 Å². The summed E-state index contributed by atoms with van der Waals surface area (Å²) in [6.07, 6.45) is -23.4. The summed E-state index contributed by atoms with van der Waals surface area (Å²) in [5.74, 6) is -10.7. The second kappa shape index (κ2) is 9.87. The molecule has 0 aromatic rings. The minimum atomic E-state index is -5.42. The van der Waals surface area contributed by atoms with E-state index in [1.54, 1.807) is 0 Å². The normalized spacial score (nSPS) is 13.9. The predicted octanol–water partition coefficient (Wildman–Crippen LogP) is 4.24. The Morgan fingerprint density at radius 1 is 0.519 bits per heavy atom. The van der Waals surface area contributed by atoms with Crippen molar-refractivity contribution in [3.05, 3.63) is 23.7 Å². The van der Waals surface area contributed by atoms with Gasteiger partial charge in [-0.05, 0) is 0 Å². The minimum Gasteiger partial charge on any atom is -0.504 e. The Labute approximate surface area is 150 Å². The molecule has 0 aromatic carbocycles. The molecule has 0 aliphatic rings. The molecule has 2 N–H and O–H groups in total. The van der Waals surface area contributed by atoms with E-state index in [0.717, 1.165) is 0 Å². The maximum atomic E-state index is 11.4. The van der Waals surface area contributed by atoms with E-state index >= 15 is 0 Å². The number of rotatable bonds is 2. The van der Waals surface area contributed by atoms with Gasteiger partial charge in [-0.2, -0.15) is 52.7 Å². The van der Waals surface area contributed by atoms with E-state index in [0.29, 0.717) is 0 Å². The van der Waals surface area contributed by atoms with Crippen LogP contribution in [-0.2, 0) is 26.7 Å². The average molecular weight is 471 g/mol. The number of carbonyl (C=O) groups excluding carboxylic acids is 2. The number of aliphatic hydroxyl groups is 2. The number of aliphatic hydroxyl groups excluding tert-OH is 2. The van der Waals surface area contributed by atoms with Gasteiger partial charge >= 0.3 is 24.7 Å². The summed E-state index contributed by atoms with van der Waals surface area (Å²) in [7, 11) is 0. The van der Waals surface area contributed by atoms with Crippen molar-refractivity contribution >= 4 is 11.6 Å². The van der Waals surface area contributed by atoms with Gasteiger partial charge in [-0.3, -0.25) is 9.59 Å². The third kappa shape index (κ3) is 13.0. The van der Waals surface area contributed by atoms with Crippen LogP contribution in [0.25, 0.3) is 0 Å². The third-order valence-electron chi connectivity index (χ3n) is 1.68. The maximum Gasteiger partial charge on any atom is 0.454 e. The minimum absolute atomic E-state index is 0. The first-order chi connectivity index (χ1) is 11.1. The van der Waals surface area contributed by atoms with Crippen molar-refractivity contribution in [2.45, 2.75) is 24.7 Å². The van der Waals surface area contributed by atoms with E-state index in [1.807, 2.05) is 0 Å². The van der Waals surface area contributed by atoms with Crippen LogP contribution in [0.5, 0.6) is 0 Å². The van der Waals surface area contributed by atoms with Crippen LogP contribution < -0.4 is 0 Å². The number of halogens is 12. The molecule has 1 radical (unpaired) electrons. The van der Waals surface area contributed by atoms with Crippen LogP contribution in [0.4, 0.5) is 52.7 Å². The molecule has 27 heavy (non-hydrogen) atoms. The van der Waals surface area contributed by atoms with Gasteiger partial charge in [0.2, 0.25) is 11.5 Å². The van der Waals surface area contributed by atoms with E-state index in [2.05, 4.69) is 0 Å². The van der Waals surface area contributed by atoms with Crippen LogP contribution in [0.15, 0.2) is 23.7 Å². The van der Waals surface area contributed by atoms with Crippen molar-refractivity contribution in [2.75, 3.05) is 0 Å². The van der Waals surface area contributed by atoms with Crippen molar-refractivity contribution < 1.29 is 89.6 Å². The Balaban J connectivity index is -0.000000411. The first kappa shape index (κ1) is 29.8. The van der Waals surface area contributed by atoms with Gasteiger partial charge in [0.1, 0.15) is 0 Å². The van der Waals surface area contributed by atoms with Crippen LogP contribution in [0.1, 0.15) is 0 Å². The SMILES string of the molecule is O=C(/C=C(/O)C(F)(F)F)C(F)(F)F.O=C(/C=C(\O)C(F)(F)F)C(F)(F)F.[Mn]. The molecule has 0 saturated heterocycles. The van der Waals surface area contributed by atoms with E-state index in [4.69, 9.17) is 10.2 Å². The molecule has 0 fully saturated rings. The summed E-state index contributed by atoms with van der Waals surface area (Å²) in [5, 5.41) is 15.9. The molecule has 17 heteroatoms. The molecular weight excluding hydrogens is 467 g/mol. The first-order valence-corrected chi connectivity index (χ1v) is 5.28. The smallest absolute Gasteiger partial charge is 0.454 e. The number of ketones is 2. The van der Waals surface area contributed by atoms with Crippen LogP contribution in [-0.4, -0.2) is 46.5 Å². The van der Waals surface area contributed by atoms with Crippen molar-refractivity contribution in [3.8, 4) is 0 Å². The molecule has 0 unspecified atom stereocenters. The van der Waals surface area contributed by atoms with Crippen molar-refractivity contribution in [3.63, 3.8) is 0 Å². The largest absolute Gasteiger partial charge is 0.504 e. The summed E-state index contributed by atoms with van der Waals surface area (Å²) >= 11 is 0. The summed E-state index contributed by atoms with van der Waals surface area (Å²) in [5.41, 5.74) is 0. The molecule has 0 rings (SSSR count). The summed E-state index contributed by atoms with van der Waals surface area (Å²) < 4.78 is 136. The zero-order chi connectivity index (χ0) is 21.7. The fourth-order valence-corrected chi connectivity index (χ4v) is 0.576. The second-order valence-corrected chi connectivity index (χ2v) is 3.78. The number of hydrogen-bond acceptors (Lipinski definition) is 4. The Morgan fingerprint density at radius 2 is 0.704 bits per heavy atom. The Kier molecular flexibility index (Phi) is 10.9. The number of carbonyl (C=O) groups is 2. The number of alkyl halides is 12. The predicted molar refractivity (Wildman–Crippen MR) is 55.7 cm³/mol. The summed E-state index contributed by atoms with van der Waals surface area (Å²) in [6, 6.07) is 0. The van der Waals surface area contributed by atoms with Gasteiger partial charge in [-0.1, -0.05) is 0 Å². The molecule has 0 heterocycles. The monoisotopic (exact) mass is 471 g/mol. The van der Waals surface area contributed by atoms with Crippen LogP contribution in [0, 0.1) is 0 Å². The molecule has 159 valence electrons. The number of hydrogen-bond donors (Lipinski definition) is 2. The van der Waals surface area contributed by atoms with Gasteiger partial charge in [-0.25, -0.2) is 0 Å². The van der Waals surface area contributed by atoms with E-state index in [9.17, 15) is 62.3 Å². The molecule has 4 nitrogen and oxygen atoms in total. The Bertz CT molecular complexity index is 527. The van der Waals surface area contributed by atoms with Crippen LogP contribution in [0.3, 0.4) is 0 Å². The Hall–Kier alpha value is -1.90. The van der Waals surface area contributed by atoms with E-state index in [1.165, 1.54) is 0 Å². The van der Waals surface area contributed by atoms with Crippen LogP contribution >= 0.6 is 0 Å². The molecule has 0 aliphatic carbocycles. The zero-order valence-corrected chi connectivity index (χ0v) is 13.0. The van der Waals surface area contributed by atoms with Gasteiger partial charge in [0.15, 0.2) is 0 Å². The van der Waals surface area contributed by atoms with Gasteiger partial charge in [0, 0.05) is 29.2 Å². The van der Waals surface area contributed by atoms with Gasteiger partial charge < -0.3 is 10.2 Å². The molecule has 0 aliphatic heterocycles. The molecule has 0 aromatic heterocycles.